The molecule has 1 aliphatic heterocycles. The van der Waals surface area contributed by atoms with Crippen LogP contribution in [0.2, 0.25) is 0 Å². The predicted molar refractivity (Wildman–Crippen MR) is 110 cm³/mol. The fraction of sp³-hybridized carbons (Fsp3) is 0.591. The molecule has 7 heteroatoms. The minimum Gasteiger partial charge on any atom is -0.393 e. The standard InChI is InChI=1S/C22H32N4O3/c1-22(2,3)21-24-20(29-25-21)9-8-19(28)23-14-16-4-6-17(7-5-16)15-26-12-10-18(27)11-13-26/h4-7,18,27H,8-15H2,1-3H3,(H,23,28). The number of amides is 1. The summed E-state index contributed by atoms with van der Waals surface area (Å²) in [6.45, 7) is 9.36. The van der Waals surface area contributed by atoms with Crippen LogP contribution < -0.4 is 5.32 Å². The molecule has 7 nitrogen and oxygen atoms in total. The van der Waals surface area contributed by atoms with Gasteiger partial charge in [-0.25, -0.2) is 0 Å². The predicted octanol–water partition coefficient (Wildman–Crippen LogP) is 2.57. The van der Waals surface area contributed by atoms with Crippen LogP contribution in [-0.4, -0.2) is 45.2 Å². The number of likely N-dealkylation sites (tertiary alicyclic amines) is 1. The van der Waals surface area contributed by atoms with Crippen molar-refractivity contribution in [2.75, 3.05) is 13.1 Å². The first-order valence-electron chi connectivity index (χ1n) is 10.4. The number of piperidine rings is 1. The van der Waals surface area contributed by atoms with Crippen molar-refractivity contribution in [3.8, 4) is 0 Å². The number of hydrogen-bond acceptors (Lipinski definition) is 6. The molecule has 0 radical (unpaired) electrons. The Morgan fingerprint density at radius 3 is 2.48 bits per heavy atom. The fourth-order valence-corrected chi connectivity index (χ4v) is 3.27. The minimum absolute atomic E-state index is 0.0311. The van der Waals surface area contributed by atoms with Crippen molar-refractivity contribution < 1.29 is 14.4 Å². The Hall–Kier alpha value is -2.25. The quantitative estimate of drug-likeness (QED) is 0.742. The molecule has 0 aliphatic carbocycles. The van der Waals surface area contributed by atoms with Crippen LogP contribution in [0.4, 0.5) is 0 Å². The second-order valence-corrected chi connectivity index (χ2v) is 8.86. The average Bonchev–Trinajstić information content (AvgIpc) is 3.17. The highest BCUT2D eigenvalue weighted by Crippen LogP contribution is 2.19. The number of nitrogens with zero attached hydrogens (tertiary/aromatic N) is 3. The molecule has 2 N–H and O–H groups in total. The highest BCUT2D eigenvalue weighted by molar-refractivity contribution is 5.76. The van der Waals surface area contributed by atoms with E-state index in [0.29, 0.717) is 31.1 Å². The number of aryl methyl sites for hydroxylation is 1. The highest BCUT2D eigenvalue weighted by Gasteiger charge is 2.21. The Labute approximate surface area is 172 Å². The molecular formula is C22H32N4O3. The lowest BCUT2D eigenvalue weighted by atomic mass is 9.96. The summed E-state index contributed by atoms with van der Waals surface area (Å²) in [4.78, 5) is 18.8. The molecule has 2 aromatic rings. The largest absolute Gasteiger partial charge is 0.393 e. The maximum Gasteiger partial charge on any atom is 0.227 e. The molecule has 1 aromatic heterocycles. The molecular weight excluding hydrogens is 368 g/mol. The normalized spacial score (nSPS) is 16.1. The summed E-state index contributed by atoms with van der Waals surface area (Å²) < 4.78 is 5.23. The Morgan fingerprint density at radius 1 is 1.21 bits per heavy atom. The van der Waals surface area contributed by atoms with Gasteiger partial charge >= 0.3 is 0 Å². The number of aromatic nitrogens is 2. The molecule has 0 bridgehead atoms. The van der Waals surface area contributed by atoms with Crippen LogP contribution in [0.3, 0.4) is 0 Å². The van der Waals surface area contributed by atoms with Crippen molar-refractivity contribution in [2.45, 2.75) is 71.1 Å². The second-order valence-electron chi connectivity index (χ2n) is 8.86. The second kappa shape index (κ2) is 9.50. The first-order chi connectivity index (χ1) is 13.8. The van der Waals surface area contributed by atoms with Gasteiger partial charge in [0.05, 0.1) is 6.10 Å². The monoisotopic (exact) mass is 400 g/mol. The molecule has 3 rings (SSSR count). The number of carbonyl (C=O) groups is 1. The Balaban J connectivity index is 1.39. The topological polar surface area (TPSA) is 91.5 Å². The van der Waals surface area contributed by atoms with E-state index in [9.17, 15) is 9.90 Å². The molecule has 0 atom stereocenters. The molecule has 29 heavy (non-hydrogen) atoms. The number of nitrogens with one attached hydrogen (secondary N) is 1. The van der Waals surface area contributed by atoms with Crippen molar-refractivity contribution >= 4 is 5.91 Å². The van der Waals surface area contributed by atoms with E-state index < -0.39 is 0 Å². The number of hydrogen-bond donors (Lipinski definition) is 2. The third kappa shape index (κ3) is 6.65. The zero-order valence-corrected chi connectivity index (χ0v) is 17.6. The molecule has 158 valence electrons. The van der Waals surface area contributed by atoms with Crippen LogP contribution in [0.25, 0.3) is 0 Å². The van der Waals surface area contributed by atoms with Crippen LogP contribution in [0, 0.1) is 0 Å². The van der Waals surface area contributed by atoms with E-state index in [4.69, 9.17) is 4.52 Å². The van der Waals surface area contributed by atoms with Crippen LogP contribution in [-0.2, 0) is 29.7 Å². The summed E-state index contributed by atoms with van der Waals surface area (Å²) in [6.07, 6.45) is 2.33. The van der Waals surface area contributed by atoms with Gasteiger partial charge in [-0.15, -0.1) is 0 Å². The summed E-state index contributed by atoms with van der Waals surface area (Å²) in [7, 11) is 0. The molecule has 0 spiro atoms. The van der Waals surface area contributed by atoms with E-state index in [2.05, 4.69) is 44.6 Å². The number of benzene rings is 1. The highest BCUT2D eigenvalue weighted by atomic mass is 16.5. The number of aliphatic hydroxyl groups excluding tert-OH is 1. The first-order valence-corrected chi connectivity index (χ1v) is 10.4. The molecule has 1 aliphatic rings. The maximum absolute atomic E-state index is 12.1. The third-order valence-electron chi connectivity index (χ3n) is 5.18. The van der Waals surface area contributed by atoms with Gasteiger partial charge in [0.2, 0.25) is 11.8 Å². The molecule has 1 amide bonds. The van der Waals surface area contributed by atoms with E-state index in [1.165, 1.54) is 5.56 Å². The lowest BCUT2D eigenvalue weighted by Crippen LogP contribution is -2.35. The van der Waals surface area contributed by atoms with Gasteiger partial charge in [0, 0.05) is 44.4 Å². The summed E-state index contributed by atoms with van der Waals surface area (Å²) in [5, 5.41) is 16.5. The number of carbonyl (C=O) groups excluding carboxylic acids is 1. The van der Waals surface area contributed by atoms with E-state index in [-0.39, 0.29) is 17.4 Å². The van der Waals surface area contributed by atoms with Gasteiger partial charge in [-0.1, -0.05) is 50.2 Å². The van der Waals surface area contributed by atoms with Crippen LogP contribution in [0.5, 0.6) is 0 Å². The Kier molecular flexibility index (Phi) is 7.03. The van der Waals surface area contributed by atoms with Crippen molar-refractivity contribution in [1.29, 1.82) is 0 Å². The molecule has 2 heterocycles. The fourth-order valence-electron chi connectivity index (χ4n) is 3.27. The summed E-state index contributed by atoms with van der Waals surface area (Å²) in [5.41, 5.74) is 2.16. The molecule has 0 saturated carbocycles. The zero-order chi connectivity index (χ0) is 20.9. The maximum atomic E-state index is 12.1. The van der Waals surface area contributed by atoms with Crippen molar-refractivity contribution in [3.05, 3.63) is 47.1 Å². The molecule has 1 aromatic carbocycles. The van der Waals surface area contributed by atoms with Gasteiger partial charge in [0.25, 0.3) is 0 Å². The van der Waals surface area contributed by atoms with Gasteiger partial charge in [0.15, 0.2) is 5.82 Å². The smallest absolute Gasteiger partial charge is 0.227 e. The molecule has 0 unspecified atom stereocenters. The molecule has 1 saturated heterocycles. The summed E-state index contributed by atoms with van der Waals surface area (Å²) in [6, 6.07) is 8.34. The average molecular weight is 401 g/mol. The van der Waals surface area contributed by atoms with Crippen LogP contribution >= 0.6 is 0 Å². The lowest BCUT2D eigenvalue weighted by molar-refractivity contribution is -0.121. The molecule has 1 fully saturated rings. The van der Waals surface area contributed by atoms with Crippen molar-refractivity contribution in [3.63, 3.8) is 0 Å². The van der Waals surface area contributed by atoms with Gasteiger partial charge < -0.3 is 14.9 Å². The summed E-state index contributed by atoms with van der Waals surface area (Å²) in [5.74, 6) is 1.13. The number of rotatable bonds is 7. The number of aliphatic hydroxyl groups is 1. The van der Waals surface area contributed by atoms with Crippen LogP contribution in [0.15, 0.2) is 28.8 Å². The van der Waals surface area contributed by atoms with E-state index >= 15 is 0 Å². The van der Waals surface area contributed by atoms with Crippen molar-refractivity contribution in [2.24, 2.45) is 0 Å². The van der Waals surface area contributed by atoms with Gasteiger partial charge in [0.1, 0.15) is 0 Å². The van der Waals surface area contributed by atoms with Crippen molar-refractivity contribution in [1.82, 2.24) is 20.4 Å². The minimum atomic E-state index is -0.161. The SMILES string of the molecule is CC(C)(C)c1noc(CCC(=O)NCc2ccc(CN3CCC(O)CC3)cc2)n1. The lowest BCUT2D eigenvalue weighted by Gasteiger charge is -2.29. The third-order valence-corrected chi connectivity index (χ3v) is 5.18. The zero-order valence-electron chi connectivity index (χ0n) is 17.6. The Bertz CT molecular complexity index is 787. The van der Waals surface area contributed by atoms with E-state index in [1.54, 1.807) is 0 Å². The van der Waals surface area contributed by atoms with Gasteiger partial charge in [-0.05, 0) is 24.0 Å². The van der Waals surface area contributed by atoms with Gasteiger partial charge in [-0.2, -0.15) is 4.98 Å². The summed E-state index contributed by atoms with van der Waals surface area (Å²) >= 11 is 0. The van der Waals surface area contributed by atoms with Crippen LogP contribution in [0.1, 0.15) is 62.9 Å². The Morgan fingerprint density at radius 2 is 1.86 bits per heavy atom. The van der Waals surface area contributed by atoms with Gasteiger partial charge in [-0.3, -0.25) is 9.69 Å². The van der Waals surface area contributed by atoms with E-state index in [1.807, 2.05) is 20.8 Å². The van der Waals surface area contributed by atoms with E-state index in [0.717, 1.165) is 38.0 Å². The first kappa shape index (κ1) is 21.5.